The maximum atomic E-state index is 5.90. The van der Waals surface area contributed by atoms with Crippen LogP contribution in [-0.4, -0.2) is 74.4 Å². The lowest BCUT2D eigenvalue weighted by Gasteiger charge is -2.37. The predicted molar refractivity (Wildman–Crippen MR) is 116 cm³/mol. The molecule has 0 bridgehead atoms. The third-order valence-corrected chi connectivity index (χ3v) is 5.19. The molecular weight excluding hydrogens is 385 g/mol. The van der Waals surface area contributed by atoms with Crippen molar-refractivity contribution >= 4 is 24.8 Å². The Morgan fingerprint density at radius 3 is 2.52 bits per heavy atom. The van der Waals surface area contributed by atoms with Crippen molar-refractivity contribution in [1.82, 2.24) is 15.1 Å². The van der Waals surface area contributed by atoms with Crippen LogP contribution in [0.3, 0.4) is 0 Å². The predicted octanol–water partition coefficient (Wildman–Crippen LogP) is 2.81. The highest BCUT2D eigenvalue weighted by Gasteiger charge is 2.22. The second-order valence-electron chi connectivity index (χ2n) is 7.39. The highest BCUT2D eigenvalue weighted by molar-refractivity contribution is 5.85. The molecule has 7 heteroatoms. The van der Waals surface area contributed by atoms with E-state index < -0.39 is 0 Å². The SMILES string of the molecule is C[C@@H]1CN(Cc2ccc(OCCCN3CCOCC3)cc2)[C@@H](C)CN1.Cl.Cl. The first-order valence-corrected chi connectivity index (χ1v) is 9.70. The van der Waals surface area contributed by atoms with Gasteiger partial charge in [0.25, 0.3) is 0 Å². The number of morpholine rings is 1. The van der Waals surface area contributed by atoms with Crippen LogP contribution in [0.5, 0.6) is 5.75 Å². The van der Waals surface area contributed by atoms with E-state index in [1.807, 2.05) is 0 Å². The van der Waals surface area contributed by atoms with E-state index in [1.165, 1.54) is 5.56 Å². The van der Waals surface area contributed by atoms with Crippen molar-refractivity contribution in [1.29, 1.82) is 0 Å². The van der Waals surface area contributed by atoms with Crippen molar-refractivity contribution in [3.8, 4) is 5.75 Å². The molecule has 0 spiro atoms. The first-order valence-electron chi connectivity index (χ1n) is 9.70. The molecule has 2 fully saturated rings. The zero-order valence-electron chi connectivity index (χ0n) is 16.6. The fourth-order valence-corrected chi connectivity index (χ4v) is 3.55. The van der Waals surface area contributed by atoms with E-state index in [-0.39, 0.29) is 24.8 Å². The maximum absolute atomic E-state index is 5.90. The Morgan fingerprint density at radius 1 is 1.11 bits per heavy atom. The molecule has 2 aliphatic heterocycles. The number of halogens is 2. The molecule has 0 saturated carbocycles. The molecule has 5 nitrogen and oxygen atoms in total. The first kappa shape index (κ1) is 24.5. The number of benzene rings is 1. The van der Waals surface area contributed by atoms with Crippen molar-refractivity contribution in [3.05, 3.63) is 29.8 Å². The Labute approximate surface area is 176 Å². The summed E-state index contributed by atoms with van der Waals surface area (Å²) in [7, 11) is 0. The number of hydrogen-bond acceptors (Lipinski definition) is 5. The molecule has 0 amide bonds. The van der Waals surface area contributed by atoms with E-state index in [4.69, 9.17) is 9.47 Å². The van der Waals surface area contributed by atoms with Crippen LogP contribution in [0.1, 0.15) is 25.8 Å². The van der Waals surface area contributed by atoms with E-state index in [1.54, 1.807) is 0 Å². The monoisotopic (exact) mass is 419 g/mol. The lowest BCUT2D eigenvalue weighted by molar-refractivity contribution is 0.0358. The molecule has 2 saturated heterocycles. The van der Waals surface area contributed by atoms with Gasteiger partial charge in [-0.25, -0.2) is 0 Å². The third-order valence-electron chi connectivity index (χ3n) is 5.19. The molecule has 2 atom stereocenters. The fourth-order valence-electron chi connectivity index (χ4n) is 3.55. The smallest absolute Gasteiger partial charge is 0.119 e. The molecule has 0 radical (unpaired) electrons. The minimum Gasteiger partial charge on any atom is -0.494 e. The van der Waals surface area contributed by atoms with Crippen LogP contribution < -0.4 is 10.1 Å². The summed E-state index contributed by atoms with van der Waals surface area (Å²) in [5, 5.41) is 3.54. The topological polar surface area (TPSA) is 37.0 Å². The van der Waals surface area contributed by atoms with E-state index in [9.17, 15) is 0 Å². The largest absolute Gasteiger partial charge is 0.494 e. The second-order valence-corrected chi connectivity index (χ2v) is 7.39. The molecule has 2 heterocycles. The first-order chi connectivity index (χ1) is 12.2. The summed E-state index contributed by atoms with van der Waals surface area (Å²) >= 11 is 0. The average molecular weight is 420 g/mol. The quantitative estimate of drug-likeness (QED) is 0.687. The van der Waals surface area contributed by atoms with Gasteiger partial charge in [0.1, 0.15) is 5.75 Å². The van der Waals surface area contributed by atoms with Gasteiger partial charge in [0, 0.05) is 51.4 Å². The molecule has 2 aliphatic rings. The Bertz CT molecular complexity index is 512. The molecule has 1 aromatic carbocycles. The molecule has 156 valence electrons. The van der Waals surface area contributed by atoms with Crippen molar-refractivity contribution < 1.29 is 9.47 Å². The summed E-state index contributed by atoms with van der Waals surface area (Å²) in [6.45, 7) is 13.5. The average Bonchev–Trinajstić information content (AvgIpc) is 2.64. The van der Waals surface area contributed by atoms with Gasteiger partial charge in [0.2, 0.25) is 0 Å². The summed E-state index contributed by atoms with van der Waals surface area (Å²) in [5.41, 5.74) is 1.36. The number of ether oxygens (including phenoxy) is 2. The molecule has 1 N–H and O–H groups in total. The number of nitrogens with zero attached hydrogens (tertiary/aromatic N) is 2. The van der Waals surface area contributed by atoms with Gasteiger partial charge in [-0.05, 0) is 38.0 Å². The van der Waals surface area contributed by atoms with Crippen molar-refractivity contribution in [2.45, 2.75) is 38.9 Å². The number of nitrogens with one attached hydrogen (secondary N) is 1. The van der Waals surface area contributed by atoms with E-state index in [2.05, 4.69) is 53.2 Å². The maximum Gasteiger partial charge on any atom is 0.119 e. The number of rotatable bonds is 7. The highest BCUT2D eigenvalue weighted by Crippen LogP contribution is 2.16. The molecule has 0 unspecified atom stereocenters. The lowest BCUT2D eigenvalue weighted by atomic mass is 10.1. The molecule has 0 aromatic heterocycles. The minimum atomic E-state index is 0. The van der Waals surface area contributed by atoms with Crippen LogP contribution in [0, 0.1) is 0 Å². The Morgan fingerprint density at radius 2 is 1.81 bits per heavy atom. The Balaban J connectivity index is 0.00000182. The van der Waals surface area contributed by atoms with Crippen LogP contribution in [0.15, 0.2) is 24.3 Å². The van der Waals surface area contributed by atoms with Crippen LogP contribution in [-0.2, 0) is 11.3 Å². The Kier molecular flexibility index (Phi) is 11.6. The summed E-state index contributed by atoms with van der Waals surface area (Å²) in [6, 6.07) is 9.80. The zero-order chi connectivity index (χ0) is 17.5. The molecule has 1 aromatic rings. The third kappa shape index (κ3) is 8.14. The molecule has 27 heavy (non-hydrogen) atoms. The highest BCUT2D eigenvalue weighted by atomic mass is 35.5. The van der Waals surface area contributed by atoms with Crippen LogP contribution in [0.25, 0.3) is 0 Å². The minimum absolute atomic E-state index is 0. The van der Waals surface area contributed by atoms with Crippen molar-refractivity contribution in [3.63, 3.8) is 0 Å². The van der Waals surface area contributed by atoms with Gasteiger partial charge in [-0.2, -0.15) is 0 Å². The summed E-state index contributed by atoms with van der Waals surface area (Å²) in [6.07, 6.45) is 1.07. The van der Waals surface area contributed by atoms with Crippen LogP contribution >= 0.6 is 24.8 Å². The Hall–Kier alpha value is -0.560. The van der Waals surface area contributed by atoms with Crippen LogP contribution in [0.4, 0.5) is 0 Å². The fraction of sp³-hybridized carbons (Fsp3) is 0.700. The van der Waals surface area contributed by atoms with Crippen molar-refractivity contribution in [2.24, 2.45) is 0 Å². The molecule has 3 rings (SSSR count). The normalized spacial score (nSPS) is 23.9. The van der Waals surface area contributed by atoms with E-state index >= 15 is 0 Å². The summed E-state index contributed by atoms with van der Waals surface area (Å²) < 4.78 is 11.3. The van der Waals surface area contributed by atoms with Crippen molar-refractivity contribution in [2.75, 3.05) is 52.5 Å². The zero-order valence-corrected chi connectivity index (χ0v) is 18.2. The van der Waals surface area contributed by atoms with Gasteiger partial charge in [-0.15, -0.1) is 24.8 Å². The van der Waals surface area contributed by atoms with Gasteiger partial charge in [-0.3, -0.25) is 9.80 Å². The number of hydrogen-bond donors (Lipinski definition) is 1. The van der Waals surface area contributed by atoms with E-state index in [0.717, 1.165) is 71.3 Å². The van der Waals surface area contributed by atoms with Gasteiger partial charge in [0.05, 0.1) is 19.8 Å². The molecule has 0 aliphatic carbocycles. The molecular formula is C20H35Cl2N3O2. The summed E-state index contributed by atoms with van der Waals surface area (Å²) in [4.78, 5) is 5.00. The lowest BCUT2D eigenvalue weighted by Crippen LogP contribution is -2.53. The van der Waals surface area contributed by atoms with Gasteiger partial charge in [-0.1, -0.05) is 12.1 Å². The van der Waals surface area contributed by atoms with E-state index in [0.29, 0.717) is 12.1 Å². The summed E-state index contributed by atoms with van der Waals surface area (Å²) in [5.74, 6) is 0.979. The number of piperazine rings is 1. The second kappa shape index (κ2) is 12.8. The standard InChI is InChI=1S/C20H33N3O2.2ClH/c1-17-15-23(18(2)14-21-17)16-19-4-6-20(7-5-19)25-11-3-8-22-9-12-24-13-10-22;;/h4-7,17-18,21H,3,8-16H2,1-2H3;2*1H/t17-,18+;;/m1../s1. The van der Waals surface area contributed by atoms with Gasteiger partial charge < -0.3 is 14.8 Å². The van der Waals surface area contributed by atoms with Gasteiger partial charge in [0.15, 0.2) is 0 Å². The van der Waals surface area contributed by atoms with Gasteiger partial charge >= 0.3 is 0 Å². The van der Waals surface area contributed by atoms with Crippen LogP contribution in [0.2, 0.25) is 0 Å².